The summed E-state index contributed by atoms with van der Waals surface area (Å²) in [6.45, 7) is 5.90. The van der Waals surface area contributed by atoms with E-state index in [4.69, 9.17) is 9.15 Å². The minimum atomic E-state index is -0.0307. The molecule has 1 aromatic heterocycles. The zero-order valence-electron chi connectivity index (χ0n) is 13.8. The minimum Gasteiger partial charge on any atom is -0.444 e. The molecule has 130 valence electrons. The van der Waals surface area contributed by atoms with Crippen LogP contribution in [0, 0.1) is 13.8 Å². The fourth-order valence-corrected chi connectivity index (χ4v) is 2.55. The van der Waals surface area contributed by atoms with E-state index in [2.05, 4.69) is 15.6 Å². The van der Waals surface area contributed by atoms with Crippen molar-refractivity contribution < 1.29 is 13.9 Å². The van der Waals surface area contributed by atoms with Crippen LogP contribution in [-0.4, -0.2) is 36.7 Å². The van der Waals surface area contributed by atoms with Crippen molar-refractivity contribution in [3.05, 3.63) is 35.7 Å². The molecule has 3 rings (SSSR count). The Labute approximate surface area is 147 Å². The quantitative estimate of drug-likeness (QED) is 0.885. The van der Waals surface area contributed by atoms with E-state index in [0.29, 0.717) is 25.5 Å². The van der Waals surface area contributed by atoms with Gasteiger partial charge in [-0.25, -0.2) is 4.98 Å². The standard InChI is InChI=1S/C17H21N3O3.ClH/c1-11-3-4-13(17-19-12(2)9-23-17)7-15(11)20-16(21)8-14-10-22-6-5-18-14;/h3-4,7,9,14,18H,5-6,8,10H2,1-2H3,(H,20,21);1H. The van der Waals surface area contributed by atoms with Gasteiger partial charge in [-0.3, -0.25) is 4.79 Å². The highest BCUT2D eigenvalue weighted by Gasteiger charge is 2.17. The van der Waals surface area contributed by atoms with E-state index in [0.717, 1.165) is 29.1 Å². The molecule has 0 bridgehead atoms. The molecule has 1 aromatic carbocycles. The molecule has 1 atom stereocenters. The first kappa shape index (κ1) is 18.4. The summed E-state index contributed by atoms with van der Waals surface area (Å²) in [6, 6.07) is 5.85. The van der Waals surface area contributed by atoms with Gasteiger partial charge < -0.3 is 19.8 Å². The summed E-state index contributed by atoms with van der Waals surface area (Å²) in [6.07, 6.45) is 2.00. The molecule has 1 aliphatic rings. The number of amides is 1. The predicted octanol–water partition coefficient (Wildman–Crippen LogP) is 2.70. The number of rotatable bonds is 4. The van der Waals surface area contributed by atoms with Crippen LogP contribution in [0.4, 0.5) is 5.69 Å². The molecule has 24 heavy (non-hydrogen) atoms. The summed E-state index contributed by atoms with van der Waals surface area (Å²) in [5.41, 5.74) is 3.45. The molecule has 0 saturated carbocycles. The second kappa shape index (κ2) is 8.28. The van der Waals surface area contributed by atoms with Crippen molar-refractivity contribution in [1.29, 1.82) is 0 Å². The molecule has 1 saturated heterocycles. The molecule has 1 fully saturated rings. The van der Waals surface area contributed by atoms with Crippen molar-refractivity contribution in [2.24, 2.45) is 0 Å². The van der Waals surface area contributed by atoms with Gasteiger partial charge in [-0.1, -0.05) is 6.07 Å². The first-order valence-electron chi connectivity index (χ1n) is 7.76. The van der Waals surface area contributed by atoms with Gasteiger partial charge >= 0.3 is 0 Å². The van der Waals surface area contributed by atoms with Crippen LogP contribution in [0.25, 0.3) is 11.5 Å². The molecule has 1 aliphatic heterocycles. The molecule has 2 N–H and O–H groups in total. The van der Waals surface area contributed by atoms with E-state index in [-0.39, 0.29) is 24.4 Å². The number of morpholine rings is 1. The highest BCUT2D eigenvalue weighted by Crippen LogP contribution is 2.25. The largest absolute Gasteiger partial charge is 0.444 e. The number of oxazole rings is 1. The number of nitrogens with one attached hydrogen (secondary N) is 2. The second-order valence-electron chi connectivity index (χ2n) is 5.80. The normalized spacial score (nSPS) is 17.2. The number of halogens is 1. The summed E-state index contributed by atoms with van der Waals surface area (Å²) >= 11 is 0. The average molecular weight is 352 g/mol. The summed E-state index contributed by atoms with van der Waals surface area (Å²) in [4.78, 5) is 16.6. The number of benzene rings is 1. The maximum Gasteiger partial charge on any atom is 0.226 e. The Morgan fingerprint density at radius 2 is 2.25 bits per heavy atom. The first-order valence-corrected chi connectivity index (χ1v) is 7.76. The van der Waals surface area contributed by atoms with E-state index in [9.17, 15) is 4.79 Å². The van der Waals surface area contributed by atoms with Crippen LogP contribution in [0.1, 0.15) is 17.7 Å². The Kier molecular flexibility index (Phi) is 6.36. The smallest absolute Gasteiger partial charge is 0.226 e. The van der Waals surface area contributed by atoms with Gasteiger partial charge in [0.1, 0.15) is 6.26 Å². The summed E-state index contributed by atoms with van der Waals surface area (Å²) < 4.78 is 10.8. The lowest BCUT2D eigenvalue weighted by molar-refractivity contribution is -0.117. The molecular formula is C17H22ClN3O3. The molecule has 2 aromatic rings. The van der Waals surface area contributed by atoms with Crippen molar-refractivity contribution >= 4 is 24.0 Å². The topological polar surface area (TPSA) is 76.4 Å². The van der Waals surface area contributed by atoms with Crippen molar-refractivity contribution in [3.8, 4) is 11.5 Å². The second-order valence-corrected chi connectivity index (χ2v) is 5.80. The number of hydrogen-bond acceptors (Lipinski definition) is 5. The third-order valence-electron chi connectivity index (χ3n) is 3.81. The van der Waals surface area contributed by atoms with Crippen LogP contribution in [0.3, 0.4) is 0 Å². The van der Waals surface area contributed by atoms with Crippen LogP contribution in [-0.2, 0) is 9.53 Å². The van der Waals surface area contributed by atoms with Gasteiger partial charge in [0.2, 0.25) is 11.8 Å². The molecule has 0 aliphatic carbocycles. The zero-order valence-corrected chi connectivity index (χ0v) is 14.6. The van der Waals surface area contributed by atoms with Crippen LogP contribution in [0.5, 0.6) is 0 Å². The summed E-state index contributed by atoms with van der Waals surface area (Å²) in [5.74, 6) is 0.525. The average Bonchev–Trinajstić information content (AvgIpc) is 2.97. The molecular weight excluding hydrogens is 330 g/mol. The highest BCUT2D eigenvalue weighted by molar-refractivity contribution is 5.92. The summed E-state index contributed by atoms with van der Waals surface area (Å²) in [5, 5.41) is 6.25. The first-order chi connectivity index (χ1) is 11.1. The maximum atomic E-state index is 12.2. The van der Waals surface area contributed by atoms with Gasteiger partial charge in [0, 0.05) is 30.3 Å². The van der Waals surface area contributed by atoms with E-state index in [1.54, 1.807) is 6.26 Å². The SMILES string of the molecule is Cc1coc(-c2ccc(C)c(NC(=O)CC3COCCN3)c2)n1.Cl. The number of aryl methyl sites for hydroxylation is 2. The van der Waals surface area contributed by atoms with E-state index >= 15 is 0 Å². The van der Waals surface area contributed by atoms with Gasteiger partial charge in [-0.15, -0.1) is 12.4 Å². The lowest BCUT2D eigenvalue weighted by atomic mass is 10.1. The molecule has 6 nitrogen and oxygen atoms in total. The minimum absolute atomic E-state index is 0. The number of aromatic nitrogens is 1. The van der Waals surface area contributed by atoms with Crippen molar-refractivity contribution in [3.63, 3.8) is 0 Å². The third-order valence-corrected chi connectivity index (χ3v) is 3.81. The molecule has 2 heterocycles. The summed E-state index contributed by atoms with van der Waals surface area (Å²) in [7, 11) is 0. The van der Waals surface area contributed by atoms with E-state index in [1.807, 2.05) is 32.0 Å². The Balaban J connectivity index is 0.00000208. The van der Waals surface area contributed by atoms with Gasteiger partial charge in [-0.2, -0.15) is 0 Å². The number of anilines is 1. The maximum absolute atomic E-state index is 12.2. The van der Waals surface area contributed by atoms with Gasteiger partial charge in [0.15, 0.2) is 0 Å². The fourth-order valence-electron chi connectivity index (χ4n) is 2.55. The van der Waals surface area contributed by atoms with Gasteiger partial charge in [0.05, 0.1) is 18.9 Å². The zero-order chi connectivity index (χ0) is 16.2. The molecule has 1 unspecified atom stereocenters. The highest BCUT2D eigenvalue weighted by atomic mass is 35.5. The number of carbonyl (C=O) groups excluding carboxylic acids is 1. The Bertz CT molecular complexity index is 696. The van der Waals surface area contributed by atoms with Crippen LogP contribution >= 0.6 is 12.4 Å². The predicted molar refractivity (Wildman–Crippen MR) is 94.5 cm³/mol. The molecule has 0 spiro atoms. The Morgan fingerprint density at radius 1 is 1.42 bits per heavy atom. The lowest BCUT2D eigenvalue weighted by Gasteiger charge is -2.23. The Hall–Kier alpha value is -1.89. The van der Waals surface area contributed by atoms with Crippen molar-refractivity contribution in [1.82, 2.24) is 10.3 Å². The number of hydrogen-bond donors (Lipinski definition) is 2. The van der Waals surface area contributed by atoms with Crippen molar-refractivity contribution in [2.75, 3.05) is 25.1 Å². The number of carbonyl (C=O) groups is 1. The lowest BCUT2D eigenvalue weighted by Crippen LogP contribution is -2.43. The monoisotopic (exact) mass is 351 g/mol. The van der Waals surface area contributed by atoms with Crippen LogP contribution in [0.2, 0.25) is 0 Å². The van der Waals surface area contributed by atoms with Crippen molar-refractivity contribution in [2.45, 2.75) is 26.3 Å². The number of ether oxygens (including phenoxy) is 1. The molecule has 1 amide bonds. The fraction of sp³-hybridized carbons (Fsp3) is 0.412. The van der Waals surface area contributed by atoms with E-state index < -0.39 is 0 Å². The van der Waals surface area contributed by atoms with Crippen LogP contribution in [0.15, 0.2) is 28.9 Å². The van der Waals surface area contributed by atoms with E-state index in [1.165, 1.54) is 0 Å². The molecule has 0 radical (unpaired) electrons. The van der Waals surface area contributed by atoms with Gasteiger partial charge in [0.25, 0.3) is 0 Å². The number of nitrogens with zero attached hydrogens (tertiary/aromatic N) is 1. The van der Waals surface area contributed by atoms with Gasteiger partial charge in [-0.05, 0) is 31.5 Å². The third kappa shape index (κ3) is 4.56. The molecule has 7 heteroatoms. The van der Waals surface area contributed by atoms with Crippen LogP contribution < -0.4 is 10.6 Å². The Morgan fingerprint density at radius 3 is 2.92 bits per heavy atom.